The molecule has 5 rings (SSSR count). The summed E-state index contributed by atoms with van der Waals surface area (Å²) >= 11 is 5.82. The SMILES string of the molecule is O=C(Nc1ccc2nn(-c3ccccc3)nc2c1)c1ccc(-c2ccc(F)c(Cl)c2)o1. The summed E-state index contributed by atoms with van der Waals surface area (Å²) in [4.78, 5) is 14.2. The fourth-order valence-corrected chi connectivity index (χ4v) is 3.31. The van der Waals surface area contributed by atoms with Crippen molar-refractivity contribution < 1.29 is 13.6 Å². The van der Waals surface area contributed by atoms with Crippen LogP contribution in [0.15, 0.2) is 83.3 Å². The number of rotatable bonds is 4. The first-order valence-electron chi connectivity index (χ1n) is 9.36. The van der Waals surface area contributed by atoms with E-state index in [2.05, 4.69) is 15.5 Å². The highest BCUT2D eigenvalue weighted by Crippen LogP contribution is 2.27. The molecule has 0 saturated heterocycles. The number of amides is 1. The van der Waals surface area contributed by atoms with Crippen molar-refractivity contribution in [2.45, 2.75) is 0 Å². The number of halogens is 2. The largest absolute Gasteiger partial charge is 0.451 e. The first-order chi connectivity index (χ1) is 15.1. The van der Waals surface area contributed by atoms with Gasteiger partial charge in [0.1, 0.15) is 22.6 Å². The predicted molar refractivity (Wildman–Crippen MR) is 116 cm³/mol. The van der Waals surface area contributed by atoms with Gasteiger partial charge >= 0.3 is 0 Å². The number of hydrogen-bond donors (Lipinski definition) is 1. The Morgan fingerprint density at radius 3 is 2.55 bits per heavy atom. The highest BCUT2D eigenvalue weighted by Gasteiger charge is 2.14. The quantitative estimate of drug-likeness (QED) is 0.394. The zero-order valence-electron chi connectivity index (χ0n) is 15.9. The van der Waals surface area contributed by atoms with E-state index in [1.54, 1.807) is 35.1 Å². The Morgan fingerprint density at radius 1 is 0.935 bits per heavy atom. The van der Waals surface area contributed by atoms with Crippen LogP contribution in [-0.2, 0) is 0 Å². The van der Waals surface area contributed by atoms with E-state index < -0.39 is 11.7 Å². The van der Waals surface area contributed by atoms with E-state index in [4.69, 9.17) is 16.0 Å². The van der Waals surface area contributed by atoms with Gasteiger partial charge in [-0.3, -0.25) is 4.79 Å². The summed E-state index contributed by atoms with van der Waals surface area (Å²) in [5.74, 6) is -0.416. The van der Waals surface area contributed by atoms with Crippen LogP contribution in [0.25, 0.3) is 28.0 Å². The second-order valence-electron chi connectivity index (χ2n) is 6.78. The lowest BCUT2D eigenvalue weighted by Crippen LogP contribution is -2.10. The van der Waals surface area contributed by atoms with Crippen molar-refractivity contribution in [2.24, 2.45) is 0 Å². The van der Waals surface area contributed by atoms with E-state index in [1.165, 1.54) is 18.2 Å². The summed E-state index contributed by atoms with van der Waals surface area (Å²) in [7, 11) is 0. The van der Waals surface area contributed by atoms with Gasteiger partial charge < -0.3 is 9.73 Å². The topological polar surface area (TPSA) is 73.0 Å². The molecule has 0 fully saturated rings. The summed E-state index contributed by atoms with van der Waals surface area (Å²) in [5, 5.41) is 11.7. The van der Waals surface area contributed by atoms with Crippen LogP contribution in [-0.4, -0.2) is 20.9 Å². The third kappa shape index (κ3) is 3.78. The molecule has 0 atom stereocenters. The number of carbonyl (C=O) groups is 1. The highest BCUT2D eigenvalue weighted by atomic mass is 35.5. The number of furan rings is 1. The van der Waals surface area contributed by atoms with Gasteiger partial charge in [0, 0.05) is 11.3 Å². The smallest absolute Gasteiger partial charge is 0.291 e. The second-order valence-corrected chi connectivity index (χ2v) is 7.18. The average Bonchev–Trinajstić information content (AvgIpc) is 3.43. The van der Waals surface area contributed by atoms with Crippen molar-refractivity contribution in [2.75, 3.05) is 5.32 Å². The monoisotopic (exact) mass is 432 g/mol. The normalized spacial score (nSPS) is 11.0. The van der Waals surface area contributed by atoms with Gasteiger partial charge in [-0.25, -0.2) is 4.39 Å². The van der Waals surface area contributed by atoms with Gasteiger partial charge in [-0.05, 0) is 60.7 Å². The van der Waals surface area contributed by atoms with Gasteiger partial charge in [-0.2, -0.15) is 4.80 Å². The Hall–Kier alpha value is -3.97. The molecular weight excluding hydrogens is 419 g/mol. The summed E-state index contributed by atoms with van der Waals surface area (Å²) in [5.41, 5.74) is 3.32. The molecule has 0 aliphatic rings. The molecule has 5 aromatic rings. The molecule has 152 valence electrons. The first kappa shape index (κ1) is 19.0. The minimum absolute atomic E-state index is 0.0169. The van der Waals surface area contributed by atoms with Gasteiger partial charge in [0.15, 0.2) is 5.76 Å². The number of fused-ring (bicyclic) bond motifs is 1. The second kappa shape index (κ2) is 7.70. The minimum Gasteiger partial charge on any atom is -0.451 e. The van der Waals surface area contributed by atoms with Crippen LogP contribution in [0.1, 0.15) is 10.6 Å². The first-order valence-corrected chi connectivity index (χ1v) is 9.74. The molecule has 6 nitrogen and oxygen atoms in total. The summed E-state index contributed by atoms with van der Waals surface area (Å²) < 4.78 is 19.0. The molecule has 0 unspecified atom stereocenters. The third-order valence-corrected chi connectivity index (χ3v) is 4.95. The third-order valence-electron chi connectivity index (χ3n) is 4.66. The number of hydrogen-bond acceptors (Lipinski definition) is 4. The fourth-order valence-electron chi connectivity index (χ4n) is 3.13. The maximum absolute atomic E-state index is 13.4. The van der Waals surface area contributed by atoms with Crippen LogP contribution in [0.4, 0.5) is 10.1 Å². The fraction of sp³-hybridized carbons (Fsp3) is 0. The lowest BCUT2D eigenvalue weighted by Gasteiger charge is -2.03. The van der Waals surface area contributed by atoms with E-state index in [-0.39, 0.29) is 10.8 Å². The highest BCUT2D eigenvalue weighted by molar-refractivity contribution is 6.31. The number of para-hydroxylation sites is 1. The van der Waals surface area contributed by atoms with E-state index in [0.29, 0.717) is 28.0 Å². The van der Waals surface area contributed by atoms with Gasteiger partial charge in [0.2, 0.25) is 0 Å². The van der Waals surface area contributed by atoms with Crippen molar-refractivity contribution in [1.29, 1.82) is 0 Å². The molecular formula is C23H14ClFN4O2. The number of benzene rings is 3. The lowest BCUT2D eigenvalue weighted by molar-refractivity contribution is 0.0997. The lowest BCUT2D eigenvalue weighted by atomic mass is 10.2. The molecule has 3 aromatic carbocycles. The Labute approximate surface area is 180 Å². The van der Waals surface area contributed by atoms with E-state index >= 15 is 0 Å². The van der Waals surface area contributed by atoms with Crippen molar-refractivity contribution in [3.05, 3.63) is 95.5 Å². The molecule has 2 heterocycles. The number of aromatic nitrogens is 3. The number of nitrogens with zero attached hydrogens (tertiary/aromatic N) is 3. The van der Waals surface area contributed by atoms with Crippen LogP contribution < -0.4 is 5.32 Å². The molecule has 1 amide bonds. The Bertz CT molecular complexity index is 1410. The van der Waals surface area contributed by atoms with Crippen molar-refractivity contribution in [1.82, 2.24) is 15.0 Å². The number of anilines is 1. The summed E-state index contributed by atoms with van der Waals surface area (Å²) in [6.07, 6.45) is 0. The molecule has 0 radical (unpaired) electrons. The van der Waals surface area contributed by atoms with E-state index in [0.717, 1.165) is 5.69 Å². The number of nitrogens with one attached hydrogen (secondary N) is 1. The standard InChI is InChI=1S/C23H14ClFN4O2/c24-17-12-14(6-8-18(17)25)21-10-11-22(31-21)23(30)26-15-7-9-19-20(13-15)28-29(27-19)16-4-2-1-3-5-16/h1-13H,(H,26,30). The zero-order valence-corrected chi connectivity index (χ0v) is 16.7. The van der Waals surface area contributed by atoms with Gasteiger partial charge in [0.25, 0.3) is 5.91 Å². The maximum atomic E-state index is 13.4. The van der Waals surface area contributed by atoms with Crippen LogP contribution in [0.3, 0.4) is 0 Å². The Kier molecular flexibility index (Phi) is 4.72. The minimum atomic E-state index is -0.519. The summed E-state index contributed by atoms with van der Waals surface area (Å²) in [6.45, 7) is 0. The van der Waals surface area contributed by atoms with Gasteiger partial charge in [-0.1, -0.05) is 29.8 Å². The van der Waals surface area contributed by atoms with E-state index in [9.17, 15) is 9.18 Å². The average molecular weight is 433 g/mol. The van der Waals surface area contributed by atoms with Crippen LogP contribution in [0.2, 0.25) is 5.02 Å². The Morgan fingerprint density at radius 2 is 1.74 bits per heavy atom. The molecule has 0 aliphatic carbocycles. The molecule has 0 spiro atoms. The number of carbonyl (C=O) groups excluding carboxylic acids is 1. The molecule has 31 heavy (non-hydrogen) atoms. The maximum Gasteiger partial charge on any atom is 0.291 e. The van der Waals surface area contributed by atoms with Crippen LogP contribution >= 0.6 is 11.6 Å². The molecule has 0 bridgehead atoms. The van der Waals surface area contributed by atoms with Crippen molar-refractivity contribution in [3.63, 3.8) is 0 Å². The zero-order chi connectivity index (χ0) is 21.4. The Balaban J connectivity index is 1.36. The molecule has 0 saturated carbocycles. The van der Waals surface area contributed by atoms with Crippen molar-refractivity contribution >= 4 is 34.2 Å². The molecule has 0 aliphatic heterocycles. The van der Waals surface area contributed by atoms with Crippen molar-refractivity contribution in [3.8, 4) is 17.0 Å². The molecule has 8 heteroatoms. The van der Waals surface area contributed by atoms with Crippen LogP contribution in [0.5, 0.6) is 0 Å². The van der Waals surface area contributed by atoms with E-state index in [1.807, 2.05) is 30.3 Å². The van der Waals surface area contributed by atoms with Gasteiger partial charge in [0.05, 0.1) is 10.7 Å². The summed E-state index contributed by atoms with van der Waals surface area (Å²) in [6, 6.07) is 22.2. The molecule has 1 N–H and O–H groups in total. The molecule has 2 aromatic heterocycles. The van der Waals surface area contributed by atoms with Crippen LogP contribution in [0, 0.1) is 5.82 Å². The predicted octanol–water partition coefficient (Wildman–Crippen LogP) is 5.73. The van der Waals surface area contributed by atoms with Gasteiger partial charge in [-0.15, -0.1) is 10.2 Å².